The summed E-state index contributed by atoms with van der Waals surface area (Å²) >= 11 is 0. The van der Waals surface area contributed by atoms with Crippen molar-refractivity contribution >= 4 is 24.2 Å². The number of piperazine rings is 1. The molecule has 0 aromatic rings. The Morgan fingerprint density at radius 3 is 2.25 bits per heavy atom. The Bertz CT molecular complexity index is 405. The standard InChI is InChI=1S/C17H32N4O2.ClH/c1-14(2)19(3)17(23)15-4-9-20(10-5-15)11-6-16(22)21-12-7-18-8-13-21;/h14-15,18H,4-13H2,1-3H3;1H. The maximum Gasteiger partial charge on any atom is 0.225 e. The van der Waals surface area contributed by atoms with Crippen molar-refractivity contribution in [2.75, 3.05) is 52.9 Å². The number of nitrogens with one attached hydrogen (secondary N) is 1. The number of hydrogen-bond acceptors (Lipinski definition) is 4. The van der Waals surface area contributed by atoms with Crippen LogP contribution in [-0.2, 0) is 9.59 Å². The second-order valence-electron chi connectivity index (χ2n) is 7.04. The third kappa shape index (κ3) is 5.90. The molecule has 0 aliphatic carbocycles. The van der Waals surface area contributed by atoms with Crippen molar-refractivity contribution in [3.05, 3.63) is 0 Å². The summed E-state index contributed by atoms with van der Waals surface area (Å²) in [5, 5.41) is 3.27. The summed E-state index contributed by atoms with van der Waals surface area (Å²) in [5.74, 6) is 0.698. The van der Waals surface area contributed by atoms with E-state index in [2.05, 4.69) is 24.1 Å². The van der Waals surface area contributed by atoms with Crippen LogP contribution in [0.1, 0.15) is 33.1 Å². The zero-order chi connectivity index (χ0) is 16.8. The summed E-state index contributed by atoms with van der Waals surface area (Å²) in [4.78, 5) is 30.7. The molecule has 0 spiro atoms. The van der Waals surface area contributed by atoms with E-state index in [1.54, 1.807) is 0 Å². The smallest absolute Gasteiger partial charge is 0.225 e. The fourth-order valence-corrected chi connectivity index (χ4v) is 3.27. The van der Waals surface area contributed by atoms with Crippen molar-refractivity contribution in [3.8, 4) is 0 Å². The molecule has 0 unspecified atom stereocenters. The summed E-state index contributed by atoms with van der Waals surface area (Å²) < 4.78 is 0. The van der Waals surface area contributed by atoms with E-state index < -0.39 is 0 Å². The normalized spacial score (nSPS) is 19.9. The van der Waals surface area contributed by atoms with Crippen molar-refractivity contribution in [1.82, 2.24) is 20.0 Å². The molecule has 2 aliphatic rings. The number of carbonyl (C=O) groups is 2. The highest BCUT2D eigenvalue weighted by molar-refractivity contribution is 5.85. The van der Waals surface area contributed by atoms with Gasteiger partial charge in [0.15, 0.2) is 0 Å². The summed E-state index contributed by atoms with van der Waals surface area (Å²) in [6.45, 7) is 10.3. The molecule has 0 atom stereocenters. The quantitative estimate of drug-likeness (QED) is 0.788. The Morgan fingerprint density at radius 1 is 1.12 bits per heavy atom. The van der Waals surface area contributed by atoms with Crippen molar-refractivity contribution in [3.63, 3.8) is 0 Å². The largest absolute Gasteiger partial charge is 0.343 e. The fraction of sp³-hybridized carbons (Fsp3) is 0.882. The average molecular weight is 361 g/mol. The van der Waals surface area contributed by atoms with Gasteiger partial charge in [-0.1, -0.05) is 0 Å². The van der Waals surface area contributed by atoms with Crippen molar-refractivity contribution < 1.29 is 9.59 Å². The zero-order valence-electron chi connectivity index (χ0n) is 15.3. The van der Waals surface area contributed by atoms with Gasteiger partial charge in [0, 0.05) is 58.2 Å². The first-order valence-electron chi connectivity index (χ1n) is 8.96. The predicted molar refractivity (Wildman–Crippen MR) is 98.4 cm³/mol. The Morgan fingerprint density at radius 2 is 1.71 bits per heavy atom. The molecule has 2 saturated heterocycles. The van der Waals surface area contributed by atoms with Gasteiger partial charge in [-0.05, 0) is 39.8 Å². The van der Waals surface area contributed by atoms with E-state index in [1.807, 2.05) is 16.8 Å². The van der Waals surface area contributed by atoms with Gasteiger partial charge in [-0.15, -0.1) is 12.4 Å². The fourth-order valence-electron chi connectivity index (χ4n) is 3.27. The Hall–Kier alpha value is -0.850. The van der Waals surface area contributed by atoms with Crippen LogP contribution in [0.2, 0.25) is 0 Å². The SMILES string of the molecule is CC(C)N(C)C(=O)C1CCN(CCC(=O)N2CCNCC2)CC1.Cl. The van der Waals surface area contributed by atoms with E-state index in [9.17, 15) is 9.59 Å². The molecule has 2 aliphatic heterocycles. The summed E-state index contributed by atoms with van der Waals surface area (Å²) in [6, 6.07) is 0.261. The molecule has 6 nitrogen and oxygen atoms in total. The molecule has 140 valence electrons. The van der Waals surface area contributed by atoms with Gasteiger partial charge in [-0.25, -0.2) is 0 Å². The van der Waals surface area contributed by atoms with Crippen LogP contribution in [-0.4, -0.2) is 85.4 Å². The average Bonchev–Trinajstić information content (AvgIpc) is 2.59. The highest BCUT2D eigenvalue weighted by Gasteiger charge is 2.28. The Kier molecular flexibility index (Phi) is 9.02. The van der Waals surface area contributed by atoms with Crippen LogP contribution in [0.5, 0.6) is 0 Å². The van der Waals surface area contributed by atoms with Gasteiger partial charge in [0.1, 0.15) is 0 Å². The molecule has 0 aromatic heterocycles. The van der Waals surface area contributed by atoms with Gasteiger partial charge in [-0.3, -0.25) is 9.59 Å². The number of likely N-dealkylation sites (tertiary alicyclic amines) is 1. The first kappa shape index (κ1) is 21.2. The van der Waals surface area contributed by atoms with Crippen LogP contribution in [0.15, 0.2) is 0 Å². The lowest BCUT2D eigenvalue weighted by Gasteiger charge is -2.34. The number of piperidine rings is 1. The molecule has 7 heteroatoms. The lowest BCUT2D eigenvalue weighted by atomic mass is 9.95. The van der Waals surface area contributed by atoms with Crippen LogP contribution < -0.4 is 5.32 Å². The monoisotopic (exact) mass is 360 g/mol. The number of nitrogens with zero attached hydrogens (tertiary/aromatic N) is 3. The second-order valence-corrected chi connectivity index (χ2v) is 7.04. The van der Waals surface area contributed by atoms with Crippen molar-refractivity contribution in [1.29, 1.82) is 0 Å². The molecule has 2 fully saturated rings. The molecule has 24 heavy (non-hydrogen) atoms. The number of amides is 2. The van der Waals surface area contributed by atoms with Crippen LogP contribution in [0.25, 0.3) is 0 Å². The lowest BCUT2D eigenvalue weighted by Crippen LogP contribution is -2.47. The van der Waals surface area contributed by atoms with Crippen LogP contribution in [0.4, 0.5) is 0 Å². The van der Waals surface area contributed by atoms with Crippen LogP contribution in [0, 0.1) is 5.92 Å². The van der Waals surface area contributed by atoms with E-state index in [0.717, 1.165) is 58.7 Å². The molecule has 2 heterocycles. The summed E-state index contributed by atoms with van der Waals surface area (Å²) in [5.41, 5.74) is 0. The Balaban J connectivity index is 0.00000288. The van der Waals surface area contributed by atoms with E-state index >= 15 is 0 Å². The van der Waals surface area contributed by atoms with Gasteiger partial charge in [0.2, 0.25) is 11.8 Å². The van der Waals surface area contributed by atoms with Crippen molar-refractivity contribution in [2.45, 2.75) is 39.2 Å². The van der Waals surface area contributed by atoms with Crippen LogP contribution in [0.3, 0.4) is 0 Å². The maximum absolute atomic E-state index is 12.4. The van der Waals surface area contributed by atoms with Gasteiger partial charge < -0.3 is 20.0 Å². The number of carbonyl (C=O) groups excluding carboxylic acids is 2. The second kappa shape index (κ2) is 10.2. The van der Waals surface area contributed by atoms with E-state index in [1.165, 1.54) is 0 Å². The lowest BCUT2D eigenvalue weighted by molar-refractivity contribution is -0.137. The highest BCUT2D eigenvalue weighted by atomic mass is 35.5. The number of rotatable bonds is 5. The van der Waals surface area contributed by atoms with E-state index in [4.69, 9.17) is 0 Å². The van der Waals surface area contributed by atoms with Gasteiger partial charge in [0.05, 0.1) is 0 Å². The van der Waals surface area contributed by atoms with Crippen molar-refractivity contribution in [2.24, 2.45) is 5.92 Å². The molecule has 2 rings (SSSR count). The third-order valence-corrected chi connectivity index (χ3v) is 5.17. The first-order valence-corrected chi connectivity index (χ1v) is 8.96. The summed E-state index contributed by atoms with van der Waals surface area (Å²) in [6.07, 6.45) is 2.43. The maximum atomic E-state index is 12.4. The van der Waals surface area contributed by atoms with Gasteiger partial charge >= 0.3 is 0 Å². The molecular formula is C17H33ClN4O2. The topological polar surface area (TPSA) is 55.9 Å². The molecule has 0 saturated carbocycles. The predicted octanol–water partition coefficient (Wildman–Crippen LogP) is 0.809. The molecule has 0 radical (unpaired) electrons. The van der Waals surface area contributed by atoms with E-state index in [0.29, 0.717) is 6.42 Å². The minimum absolute atomic E-state index is 0. The Labute approximate surface area is 152 Å². The minimum atomic E-state index is 0. The van der Waals surface area contributed by atoms with Crippen LogP contribution >= 0.6 is 12.4 Å². The molecule has 2 amide bonds. The first-order chi connectivity index (χ1) is 11.0. The van der Waals surface area contributed by atoms with Gasteiger partial charge in [-0.2, -0.15) is 0 Å². The molecule has 0 bridgehead atoms. The molecular weight excluding hydrogens is 328 g/mol. The zero-order valence-corrected chi connectivity index (χ0v) is 16.1. The number of halogens is 1. The number of hydrogen-bond donors (Lipinski definition) is 1. The summed E-state index contributed by atoms with van der Waals surface area (Å²) in [7, 11) is 1.89. The highest BCUT2D eigenvalue weighted by Crippen LogP contribution is 2.20. The van der Waals surface area contributed by atoms with E-state index in [-0.39, 0.29) is 36.2 Å². The van der Waals surface area contributed by atoms with Gasteiger partial charge in [0.25, 0.3) is 0 Å². The third-order valence-electron chi connectivity index (χ3n) is 5.17. The molecule has 0 aromatic carbocycles. The molecule has 1 N–H and O–H groups in total. The minimum Gasteiger partial charge on any atom is -0.343 e.